The quantitative estimate of drug-likeness (QED) is 0.448. The molecule has 7 atom stereocenters. The Bertz CT molecular complexity index is 826. The van der Waals surface area contributed by atoms with Gasteiger partial charge in [-0.3, -0.25) is 9.59 Å². The van der Waals surface area contributed by atoms with Crippen LogP contribution in [-0.2, 0) is 19.1 Å². The number of fused-ring (bicyclic) bond motifs is 5. The first kappa shape index (κ1) is 22.4. The summed E-state index contributed by atoms with van der Waals surface area (Å²) in [6.45, 7) is 7.92. The molecule has 0 aromatic carbocycles. The van der Waals surface area contributed by atoms with Gasteiger partial charge in [-0.1, -0.05) is 13.8 Å². The zero-order valence-electron chi connectivity index (χ0n) is 19.5. The number of nitrogens with zero attached hydrogens (tertiary/aromatic N) is 1. The van der Waals surface area contributed by atoms with E-state index in [1.165, 1.54) is 38.7 Å². The highest BCUT2D eigenvalue weighted by Crippen LogP contribution is 2.67. The van der Waals surface area contributed by atoms with Gasteiger partial charge in [-0.05, 0) is 97.9 Å². The van der Waals surface area contributed by atoms with E-state index in [1.807, 2.05) is 0 Å². The van der Waals surface area contributed by atoms with Gasteiger partial charge in [0.2, 0.25) is 0 Å². The first-order valence-electron chi connectivity index (χ1n) is 12.1. The molecule has 7 unspecified atom stereocenters. The molecule has 4 rings (SSSR count). The standard InChI is InChI=1S/C26H37NO4/c1-16(28)30-15-18(14-27)22-7-8-23-21-6-5-19-13-20(31-17(2)29)9-11-25(19,3)24(21)10-12-26(22,23)4/h19-21,23-24H,5-13,15H2,1-4H3. The number of ether oxygens (including phenoxy) is 2. The summed E-state index contributed by atoms with van der Waals surface area (Å²) >= 11 is 0. The topological polar surface area (TPSA) is 76.4 Å². The third kappa shape index (κ3) is 3.81. The minimum absolute atomic E-state index is 0.0600. The van der Waals surface area contributed by atoms with Crippen molar-refractivity contribution in [3.8, 4) is 6.07 Å². The molecule has 4 saturated carbocycles. The summed E-state index contributed by atoms with van der Waals surface area (Å²) in [4.78, 5) is 22.8. The Morgan fingerprint density at radius 3 is 2.48 bits per heavy atom. The van der Waals surface area contributed by atoms with Crippen LogP contribution in [0.1, 0.15) is 85.5 Å². The van der Waals surface area contributed by atoms with Gasteiger partial charge in [0.15, 0.2) is 0 Å². The minimum atomic E-state index is -0.327. The van der Waals surface area contributed by atoms with Crippen molar-refractivity contribution in [1.29, 1.82) is 5.26 Å². The van der Waals surface area contributed by atoms with Gasteiger partial charge in [0.25, 0.3) is 0 Å². The van der Waals surface area contributed by atoms with Crippen LogP contribution in [-0.4, -0.2) is 24.6 Å². The molecule has 0 saturated heterocycles. The van der Waals surface area contributed by atoms with Gasteiger partial charge in [0.1, 0.15) is 12.7 Å². The van der Waals surface area contributed by atoms with Crippen molar-refractivity contribution < 1.29 is 19.1 Å². The lowest BCUT2D eigenvalue weighted by atomic mass is 9.45. The number of carbonyl (C=O) groups excluding carboxylic acids is 2. The maximum Gasteiger partial charge on any atom is 0.302 e. The molecule has 0 radical (unpaired) electrons. The number of esters is 2. The van der Waals surface area contributed by atoms with Crippen LogP contribution < -0.4 is 0 Å². The van der Waals surface area contributed by atoms with Crippen molar-refractivity contribution in [3.63, 3.8) is 0 Å². The van der Waals surface area contributed by atoms with Crippen molar-refractivity contribution in [2.45, 2.75) is 91.6 Å². The molecular formula is C26H37NO4. The van der Waals surface area contributed by atoms with Crippen molar-refractivity contribution in [2.75, 3.05) is 6.61 Å². The average molecular weight is 428 g/mol. The van der Waals surface area contributed by atoms with Crippen LogP contribution in [0.3, 0.4) is 0 Å². The molecule has 0 amide bonds. The molecule has 170 valence electrons. The number of rotatable bonds is 3. The molecule has 4 aliphatic carbocycles. The Morgan fingerprint density at radius 2 is 1.81 bits per heavy atom. The number of hydrogen-bond donors (Lipinski definition) is 0. The molecular weight excluding hydrogens is 390 g/mol. The normalized spacial score (nSPS) is 43.0. The smallest absolute Gasteiger partial charge is 0.302 e. The Labute approximate surface area is 186 Å². The monoisotopic (exact) mass is 427 g/mol. The van der Waals surface area contributed by atoms with Crippen LogP contribution in [0.4, 0.5) is 0 Å². The zero-order chi connectivity index (χ0) is 22.4. The number of nitriles is 1. The van der Waals surface area contributed by atoms with E-state index >= 15 is 0 Å². The van der Waals surface area contributed by atoms with Crippen LogP contribution in [0.2, 0.25) is 0 Å². The second-order valence-corrected chi connectivity index (χ2v) is 11.0. The SMILES string of the molecule is CC(=O)OCC(C#N)=C1CCC2C3CCC4CC(OC(C)=O)CCC4(C)C3CCC12C. The van der Waals surface area contributed by atoms with Crippen LogP contribution in [0.5, 0.6) is 0 Å². The molecule has 0 heterocycles. The highest BCUT2D eigenvalue weighted by molar-refractivity contribution is 5.66. The molecule has 5 nitrogen and oxygen atoms in total. The summed E-state index contributed by atoms with van der Waals surface area (Å²) in [5.41, 5.74) is 2.33. The summed E-state index contributed by atoms with van der Waals surface area (Å²) in [5, 5.41) is 9.78. The van der Waals surface area contributed by atoms with E-state index in [0.717, 1.165) is 44.4 Å². The van der Waals surface area contributed by atoms with E-state index in [2.05, 4.69) is 19.9 Å². The lowest BCUT2D eigenvalue weighted by Gasteiger charge is -2.60. The van der Waals surface area contributed by atoms with Gasteiger partial charge in [0, 0.05) is 13.8 Å². The van der Waals surface area contributed by atoms with E-state index < -0.39 is 0 Å². The maximum atomic E-state index is 11.5. The van der Waals surface area contributed by atoms with Gasteiger partial charge < -0.3 is 9.47 Å². The molecule has 4 aliphatic rings. The Kier molecular flexibility index (Phi) is 5.96. The summed E-state index contributed by atoms with van der Waals surface area (Å²) in [6, 6.07) is 2.36. The predicted octanol–water partition coefficient (Wildman–Crippen LogP) is 5.34. The summed E-state index contributed by atoms with van der Waals surface area (Å²) in [5.74, 6) is 2.21. The van der Waals surface area contributed by atoms with Gasteiger partial charge in [0.05, 0.1) is 11.6 Å². The van der Waals surface area contributed by atoms with Crippen molar-refractivity contribution in [3.05, 3.63) is 11.1 Å². The molecule has 4 fully saturated rings. The lowest BCUT2D eigenvalue weighted by molar-refractivity contribution is -0.158. The highest BCUT2D eigenvalue weighted by Gasteiger charge is 2.59. The van der Waals surface area contributed by atoms with E-state index in [0.29, 0.717) is 28.7 Å². The van der Waals surface area contributed by atoms with Crippen LogP contribution in [0.25, 0.3) is 0 Å². The minimum Gasteiger partial charge on any atom is -0.463 e. The van der Waals surface area contributed by atoms with E-state index in [4.69, 9.17) is 9.47 Å². The van der Waals surface area contributed by atoms with E-state index in [9.17, 15) is 14.9 Å². The van der Waals surface area contributed by atoms with Gasteiger partial charge >= 0.3 is 11.9 Å². The van der Waals surface area contributed by atoms with Crippen LogP contribution in [0.15, 0.2) is 11.1 Å². The zero-order valence-corrected chi connectivity index (χ0v) is 19.5. The van der Waals surface area contributed by atoms with Gasteiger partial charge in [-0.15, -0.1) is 0 Å². The number of allylic oxidation sites excluding steroid dienone is 1. The predicted molar refractivity (Wildman–Crippen MR) is 117 cm³/mol. The first-order valence-corrected chi connectivity index (χ1v) is 12.1. The summed E-state index contributed by atoms with van der Waals surface area (Å²) < 4.78 is 10.8. The molecule has 0 N–H and O–H groups in total. The van der Waals surface area contributed by atoms with E-state index in [1.54, 1.807) is 0 Å². The first-order chi connectivity index (χ1) is 14.7. The van der Waals surface area contributed by atoms with Gasteiger partial charge in [-0.25, -0.2) is 0 Å². The summed E-state index contributed by atoms with van der Waals surface area (Å²) in [6.07, 6.45) is 10.2. The maximum absolute atomic E-state index is 11.5. The number of carbonyl (C=O) groups is 2. The molecule has 0 aliphatic heterocycles. The number of hydrogen-bond acceptors (Lipinski definition) is 5. The summed E-state index contributed by atoms with van der Waals surface area (Å²) in [7, 11) is 0. The van der Waals surface area contributed by atoms with Crippen molar-refractivity contribution in [1.82, 2.24) is 0 Å². The Morgan fingerprint density at radius 1 is 1.03 bits per heavy atom. The second kappa shape index (κ2) is 8.26. The van der Waals surface area contributed by atoms with Gasteiger partial charge in [-0.2, -0.15) is 5.26 Å². The third-order valence-electron chi connectivity index (χ3n) is 9.65. The largest absolute Gasteiger partial charge is 0.463 e. The van der Waals surface area contributed by atoms with Crippen LogP contribution in [0, 0.1) is 45.8 Å². The molecule has 0 aromatic rings. The van der Waals surface area contributed by atoms with Crippen molar-refractivity contribution >= 4 is 11.9 Å². The van der Waals surface area contributed by atoms with E-state index in [-0.39, 0.29) is 30.1 Å². The average Bonchev–Trinajstić information content (AvgIpc) is 3.05. The molecule has 0 spiro atoms. The molecule has 31 heavy (non-hydrogen) atoms. The fourth-order valence-electron chi connectivity index (χ4n) is 8.23. The Hall–Kier alpha value is -1.83. The molecule has 0 bridgehead atoms. The third-order valence-corrected chi connectivity index (χ3v) is 9.65. The van der Waals surface area contributed by atoms with Crippen molar-refractivity contribution in [2.24, 2.45) is 34.5 Å². The fraction of sp³-hybridized carbons (Fsp3) is 0.808. The molecule has 0 aromatic heterocycles. The highest BCUT2D eigenvalue weighted by atomic mass is 16.5. The lowest BCUT2D eigenvalue weighted by Crippen LogP contribution is -2.53. The second-order valence-electron chi connectivity index (χ2n) is 11.0. The molecule has 5 heteroatoms. The Balaban J connectivity index is 1.54. The van der Waals surface area contributed by atoms with Crippen LogP contribution >= 0.6 is 0 Å². The fourth-order valence-corrected chi connectivity index (χ4v) is 8.23.